The summed E-state index contributed by atoms with van der Waals surface area (Å²) in [6, 6.07) is 7.87. The van der Waals surface area contributed by atoms with Crippen LogP contribution in [-0.2, 0) is 9.59 Å². The Morgan fingerprint density at radius 2 is 1.67 bits per heavy atom. The predicted octanol–water partition coefficient (Wildman–Crippen LogP) is 4.00. The van der Waals surface area contributed by atoms with E-state index in [-0.39, 0.29) is 23.7 Å². The molecule has 0 unspecified atom stereocenters. The zero-order valence-corrected chi connectivity index (χ0v) is 15.2. The van der Waals surface area contributed by atoms with Gasteiger partial charge in [0.05, 0.1) is 0 Å². The van der Waals surface area contributed by atoms with Crippen LogP contribution >= 0.6 is 0 Å². The van der Waals surface area contributed by atoms with Crippen LogP contribution in [0.3, 0.4) is 0 Å². The third kappa shape index (κ3) is 5.08. The maximum Gasteiger partial charge on any atom is 0.227 e. The van der Waals surface area contributed by atoms with E-state index >= 15 is 0 Å². The molecule has 1 saturated carbocycles. The second kappa shape index (κ2) is 8.86. The second-order valence-corrected chi connectivity index (χ2v) is 7.02. The molecule has 0 aromatic heterocycles. The molecule has 4 nitrogen and oxygen atoms in total. The summed E-state index contributed by atoms with van der Waals surface area (Å²) in [5, 5.41) is 3.00. The van der Waals surface area contributed by atoms with Crippen molar-refractivity contribution in [3.63, 3.8) is 0 Å². The molecule has 4 heteroatoms. The van der Waals surface area contributed by atoms with Gasteiger partial charge in [-0.25, -0.2) is 0 Å². The van der Waals surface area contributed by atoms with Crippen LogP contribution in [0, 0.1) is 18.8 Å². The lowest BCUT2D eigenvalue weighted by Gasteiger charge is -2.30. The molecule has 132 valence electrons. The van der Waals surface area contributed by atoms with Crippen molar-refractivity contribution in [2.45, 2.75) is 52.4 Å². The highest BCUT2D eigenvalue weighted by Crippen LogP contribution is 2.30. The van der Waals surface area contributed by atoms with E-state index in [1.165, 1.54) is 5.56 Å². The van der Waals surface area contributed by atoms with Crippen molar-refractivity contribution >= 4 is 17.5 Å². The topological polar surface area (TPSA) is 49.4 Å². The molecule has 2 rings (SSSR count). The van der Waals surface area contributed by atoms with Crippen LogP contribution in [0.1, 0.15) is 51.0 Å². The van der Waals surface area contributed by atoms with Crippen molar-refractivity contribution in [2.75, 3.05) is 18.9 Å². The Hall–Kier alpha value is -1.84. The fourth-order valence-electron chi connectivity index (χ4n) is 3.30. The summed E-state index contributed by atoms with van der Waals surface area (Å²) in [5.41, 5.74) is 2.03. The average Bonchev–Trinajstić information content (AvgIpc) is 2.61. The molecule has 1 aromatic carbocycles. The number of anilines is 1. The van der Waals surface area contributed by atoms with Crippen molar-refractivity contribution in [3.8, 4) is 0 Å². The molecule has 1 N–H and O–H groups in total. The number of amides is 2. The summed E-state index contributed by atoms with van der Waals surface area (Å²) in [7, 11) is 1.90. The zero-order chi connectivity index (χ0) is 17.5. The zero-order valence-electron chi connectivity index (χ0n) is 15.2. The molecule has 2 amide bonds. The Bertz CT molecular complexity index is 545. The number of carbonyl (C=O) groups excluding carboxylic acids is 2. The monoisotopic (exact) mass is 330 g/mol. The van der Waals surface area contributed by atoms with E-state index in [4.69, 9.17) is 0 Å². The maximum atomic E-state index is 12.4. The molecule has 0 aliphatic heterocycles. The summed E-state index contributed by atoms with van der Waals surface area (Å²) < 4.78 is 0. The number of unbranched alkanes of at least 4 members (excludes halogenated alkanes) is 1. The highest BCUT2D eigenvalue weighted by Gasteiger charge is 2.31. The van der Waals surface area contributed by atoms with Gasteiger partial charge in [-0.3, -0.25) is 9.59 Å². The summed E-state index contributed by atoms with van der Waals surface area (Å²) >= 11 is 0. The van der Waals surface area contributed by atoms with Crippen LogP contribution < -0.4 is 5.32 Å². The van der Waals surface area contributed by atoms with Gasteiger partial charge >= 0.3 is 0 Å². The minimum absolute atomic E-state index is 0.0244. The first-order valence-electron chi connectivity index (χ1n) is 9.13. The predicted molar refractivity (Wildman–Crippen MR) is 97.8 cm³/mol. The van der Waals surface area contributed by atoms with Gasteiger partial charge in [0.1, 0.15) is 0 Å². The third-order valence-electron chi connectivity index (χ3n) is 4.99. The van der Waals surface area contributed by atoms with Gasteiger partial charge in [-0.2, -0.15) is 0 Å². The normalized spacial score (nSPS) is 20.5. The van der Waals surface area contributed by atoms with E-state index in [9.17, 15) is 9.59 Å². The number of nitrogens with zero attached hydrogens (tertiary/aromatic N) is 1. The van der Waals surface area contributed by atoms with Crippen LogP contribution in [0.15, 0.2) is 24.3 Å². The van der Waals surface area contributed by atoms with Gasteiger partial charge in [-0.1, -0.05) is 31.0 Å². The molecule has 0 bridgehead atoms. The Labute approximate surface area is 145 Å². The highest BCUT2D eigenvalue weighted by molar-refractivity contribution is 5.92. The molecular formula is C20H30N2O2. The molecule has 1 fully saturated rings. The number of aryl methyl sites for hydroxylation is 1. The fraction of sp³-hybridized carbons (Fsp3) is 0.600. The first-order chi connectivity index (χ1) is 11.5. The van der Waals surface area contributed by atoms with E-state index in [1.54, 1.807) is 0 Å². The Kier molecular flexibility index (Phi) is 6.83. The summed E-state index contributed by atoms with van der Waals surface area (Å²) in [5.74, 6) is 0.455. The lowest BCUT2D eigenvalue weighted by molar-refractivity contribution is -0.136. The van der Waals surface area contributed by atoms with Crippen molar-refractivity contribution in [1.29, 1.82) is 0 Å². The molecule has 0 radical (unpaired) electrons. The summed E-state index contributed by atoms with van der Waals surface area (Å²) in [4.78, 5) is 26.7. The molecule has 0 atom stereocenters. The Balaban J connectivity index is 1.80. The number of hydrogen-bond acceptors (Lipinski definition) is 2. The quantitative estimate of drug-likeness (QED) is 0.857. The molecular weight excluding hydrogens is 300 g/mol. The van der Waals surface area contributed by atoms with Gasteiger partial charge < -0.3 is 10.2 Å². The Morgan fingerprint density at radius 3 is 2.25 bits per heavy atom. The lowest BCUT2D eigenvalue weighted by atomic mass is 9.81. The van der Waals surface area contributed by atoms with Gasteiger partial charge in [-0.05, 0) is 51.2 Å². The van der Waals surface area contributed by atoms with Gasteiger partial charge in [0.25, 0.3) is 0 Å². The van der Waals surface area contributed by atoms with Crippen LogP contribution in [0.5, 0.6) is 0 Å². The number of carbonyl (C=O) groups is 2. The van der Waals surface area contributed by atoms with Crippen LogP contribution in [0.2, 0.25) is 0 Å². The summed E-state index contributed by atoms with van der Waals surface area (Å²) in [6.45, 7) is 5.00. The lowest BCUT2D eigenvalue weighted by Crippen LogP contribution is -2.37. The van der Waals surface area contributed by atoms with Crippen LogP contribution in [0.4, 0.5) is 5.69 Å². The fourth-order valence-corrected chi connectivity index (χ4v) is 3.30. The van der Waals surface area contributed by atoms with Gasteiger partial charge in [0, 0.05) is 31.1 Å². The minimum atomic E-state index is 0.0244. The second-order valence-electron chi connectivity index (χ2n) is 7.02. The molecule has 24 heavy (non-hydrogen) atoms. The van der Waals surface area contributed by atoms with Crippen molar-refractivity contribution in [1.82, 2.24) is 4.90 Å². The highest BCUT2D eigenvalue weighted by atomic mass is 16.2. The standard InChI is InChI=1S/C20H30N2O2/c1-4-5-14-22(3)20(24)17-10-8-16(9-11-17)19(23)21-18-12-6-15(2)7-13-18/h6-7,12-13,16-17H,4-5,8-11,14H2,1-3H3,(H,21,23). The van der Waals surface area contributed by atoms with Gasteiger partial charge in [-0.15, -0.1) is 0 Å². The van der Waals surface area contributed by atoms with Crippen molar-refractivity contribution < 1.29 is 9.59 Å². The molecule has 0 heterocycles. The largest absolute Gasteiger partial charge is 0.346 e. The Morgan fingerprint density at radius 1 is 1.08 bits per heavy atom. The maximum absolute atomic E-state index is 12.4. The van der Waals surface area contributed by atoms with Gasteiger partial charge in [0.15, 0.2) is 0 Å². The first-order valence-corrected chi connectivity index (χ1v) is 9.13. The summed E-state index contributed by atoms with van der Waals surface area (Å²) in [6.07, 6.45) is 5.40. The number of hydrogen-bond donors (Lipinski definition) is 1. The van der Waals surface area contributed by atoms with E-state index in [0.29, 0.717) is 0 Å². The van der Waals surface area contributed by atoms with Crippen LogP contribution in [-0.4, -0.2) is 30.3 Å². The molecule has 0 spiro atoms. The van der Waals surface area contributed by atoms with Crippen molar-refractivity contribution in [2.24, 2.45) is 11.8 Å². The number of nitrogens with one attached hydrogen (secondary N) is 1. The molecule has 1 aromatic rings. The van der Waals surface area contributed by atoms with E-state index in [2.05, 4.69) is 12.2 Å². The molecule has 0 saturated heterocycles. The van der Waals surface area contributed by atoms with Crippen molar-refractivity contribution in [3.05, 3.63) is 29.8 Å². The average molecular weight is 330 g/mol. The van der Waals surface area contributed by atoms with Gasteiger partial charge in [0.2, 0.25) is 11.8 Å². The molecule has 1 aliphatic carbocycles. The first kappa shape index (κ1) is 18.5. The third-order valence-corrected chi connectivity index (χ3v) is 4.99. The smallest absolute Gasteiger partial charge is 0.227 e. The minimum Gasteiger partial charge on any atom is -0.346 e. The number of benzene rings is 1. The van der Waals surface area contributed by atoms with E-state index < -0.39 is 0 Å². The SMILES string of the molecule is CCCCN(C)C(=O)C1CCC(C(=O)Nc2ccc(C)cc2)CC1. The number of rotatable bonds is 6. The van der Waals surface area contributed by atoms with E-state index in [0.717, 1.165) is 50.8 Å². The molecule has 1 aliphatic rings. The van der Waals surface area contributed by atoms with E-state index in [1.807, 2.05) is 43.1 Å². The van der Waals surface area contributed by atoms with Crippen LogP contribution in [0.25, 0.3) is 0 Å².